The highest BCUT2D eigenvalue weighted by atomic mass is 16.5. The van der Waals surface area contributed by atoms with E-state index in [-0.39, 0.29) is 11.6 Å². The Morgan fingerprint density at radius 1 is 1.06 bits per heavy atom. The minimum absolute atomic E-state index is 0.113. The van der Waals surface area contributed by atoms with E-state index >= 15 is 0 Å². The first-order valence-corrected chi connectivity index (χ1v) is 6.06. The van der Waals surface area contributed by atoms with Gasteiger partial charge in [-0.25, -0.2) is 0 Å². The van der Waals surface area contributed by atoms with E-state index in [0.29, 0.717) is 32.8 Å². The third kappa shape index (κ3) is 5.50. The van der Waals surface area contributed by atoms with Gasteiger partial charge in [-0.05, 0) is 25.6 Å². The Bertz CT molecular complexity index is 286. The van der Waals surface area contributed by atoms with Crippen LogP contribution in [0.3, 0.4) is 0 Å². The third-order valence-electron chi connectivity index (χ3n) is 2.57. The summed E-state index contributed by atoms with van der Waals surface area (Å²) in [6.07, 6.45) is 3.13. The zero-order valence-electron chi connectivity index (χ0n) is 10.6. The molecule has 0 saturated heterocycles. The average molecular weight is 256 g/mol. The van der Waals surface area contributed by atoms with Crippen LogP contribution in [0.2, 0.25) is 0 Å². The van der Waals surface area contributed by atoms with Crippen LogP contribution in [0.5, 0.6) is 0 Å². The van der Waals surface area contributed by atoms with Gasteiger partial charge in [0.2, 0.25) is 0 Å². The van der Waals surface area contributed by atoms with Gasteiger partial charge >= 0.3 is 0 Å². The van der Waals surface area contributed by atoms with Crippen molar-refractivity contribution in [1.82, 2.24) is 10.9 Å². The summed E-state index contributed by atoms with van der Waals surface area (Å²) in [6.45, 7) is 2.72. The summed E-state index contributed by atoms with van der Waals surface area (Å²) in [7, 11) is 1.80. The number of nitrogens with one attached hydrogen (secondary N) is 2. The molecule has 1 rings (SSSR count). The van der Waals surface area contributed by atoms with Crippen LogP contribution in [0.1, 0.15) is 6.42 Å². The minimum Gasteiger partial charge on any atom is -0.379 e. The largest absolute Gasteiger partial charge is 0.379 e. The van der Waals surface area contributed by atoms with Crippen molar-refractivity contribution in [3.8, 4) is 0 Å². The van der Waals surface area contributed by atoms with Gasteiger partial charge in [0.15, 0.2) is 11.6 Å². The molecule has 0 fully saturated rings. The van der Waals surface area contributed by atoms with Crippen LogP contribution in [0.15, 0.2) is 12.2 Å². The predicted molar refractivity (Wildman–Crippen MR) is 66.0 cm³/mol. The summed E-state index contributed by atoms with van der Waals surface area (Å²) in [6, 6.07) is 0. The van der Waals surface area contributed by atoms with E-state index in [0.717, 1.165) is 6.54 Å². The summed E-state index contributed by atoms with van der Waals surface area (Å²) in [5.74, 6) is -0.748. The van der Waals surface area contributed by atoms with E-state index in [1.54, 1.807) is 7.05 Å². The van der Waals surface area contributed by atoms with Crippen molar-refractivity contribution in [3.05, 3.63) is 12.2 Å². The molecule has 102 valence electrons. The summed E-state index contributed by atoms with van der Waals surface area (Å²) < 4.78 is 10.6. The molecule has 0 aromatic carbocycles. The Morgan fingerprint density at radius 3 is 2.28 bits per heavy atom. The number of ketones is 2. The maximum Gasteiger partial charge on any atom is 0.166 e. The molecule has 0 amide bonds. The first kappa shape index (κ1) is 15.0. The summed E-state index contributed by atoms with van der Waals surface area (Å²) in [4.78, 5) is 22.5. The lowest BCUT2D eigenvalue weighted by Gasteiger charge is -2.08. The average Bonchev–Trinajstić information content (AvgIpc) is 2.68. The molecule has 0 radical (unpaired) electrons. The number of carbonyl (C=O) groups is 2. The third-order valence-corrected chi connectivity index (χ3v) is 2.57. The number of hydrogen-bond donors (Lipinski definition) is 2. The van der Waals surface area contributed by atoms with Gasteiger partial charge in [-0.2, -0.15) is 0 Å². The van der Waals surface area contributed by atoms with Crippen molar-refractivity contribution < 1.29 is 19.1 Å². The number of ether oxygens (including phenoxy) is 2. The second-order valence-corrected chi connectivity index (χ2v) is 3.88. The lowest BCUT2D eigenvalue weighted by atomic mass is 10.0. The van der Waals surface area contributed by atoms with Crippen LogP contribution in [0, 0.1) is 5.92 Å². The zero-order valence-corrected chi connectivity index (χ0v) is 10.6. The second kappa shape index (κ2) is 8.93. The molecule has 0 aliphatic heterocycles. The molecule has 0 saturated carbocycles. The Hall–Kier alpha value is -1.08. The molecular formula is C12H20N2O4. The van der Waals surface area contributed by atoms with Crippen LogP contribution in [0.25, 0.3) is 0 Å². The Balaban J connectivity index is 1.90. The first-order chi connectivity index (χ1) is 8.75. The molecule has 0 atom stereocenters. The predicted octanol–water partition coefficient (Wildman–Crippen LogP) is -0.542. The number of carbonyl (C=O) groups excluding carboxylic acids is 2. The highest BCUT2D eigenvalue weighted by Crippen LogP contribution is 2.14. The Kier molecular flexibility index (Phi) is 7.43. The van der Waals surface area contributed by atoms with Gasteiger partial charge in [-0.3, -0.25) is 20.4 Å². The molecule has 6 heteroatoms. The fourth-order valence-electron chi connectivity index (χ4n) is 1.59. The van der Waals surface area contributed by atoms with E-state index in [1.165, 1.54) is 12.2 Å². The van der Waals surface area contributed by atoms with E-state index in [1.807, 2.05) is 0 Å². The zero-order chi connectivity index (χ0) is 13.2. The van der Waals surface area contributed by atoms with Crippen LogP contribution in [-0.4, -0.2) is 51.6 Å². The molecule has 0 heterocycles. The standard InChI is InChI=1S/C12H20N2O4/c1-13-14-5-7-18-9-8-17-6-4-10-11(15)2-3-12(10)16/h2-3,10,13-14H,4-9H2,1H3. The molecule has 1 aliphatic carbocycles. The smallest absolute Gasteiger partial charge is 0.166 e. The molecule has 1 aliphatic rings. The van der Waals surface area contributed by atoms with Crippen LogP contribution >= 0.6 is 0 Å². The molecule has 0 unspecified atom stereocenters. The monoisotopic (exact) mass is 256 g/mol. The van der Waals surface area contributed by atoms with Gasteiger partial charge in [0.05, 0.1) is 25.7 Å². The Morgan fingerprint density at radius 2 is 1.67 bits per heavy atom. The van der Waals surface area contributed by atoms with Crippen molar-refractivity contribution in [2.24, 2.45) is 5.92 Å². The summed E-state index contributed by atoms with van der Waals surface area (Å²) in [5.41, 5.74) is 5.69. The molecule has 2 N–H and O–H groups in total. The fourth-order valence-corrected chi connectivity index (χ4v) is 1.59. The molecule has 0 spiro atoms. The minimum atomic E-state index is -0.522. The van der Waals surface area contributed by atoms with Crippen LogP contribution in [-0.2, 0) is 19.1 Å². The Labute approximate surface area is 107 Å². The molecule has 0 aromatic rings. The highest BCUT2D eigenvalue weighted by Gasteiger charge is 2.27. The fraction of sp³-hybridized carbons (Fsp3) is 0.667. The van der Waals surface area contributed by atoms with E-state index in [4.69, 9.17) is 9.47 Å². The maximum atomic E-state index is 11.3. The second-order valence-electron chi connectivity index (χ2n) is 3.88. The number of hydrazine groups is 1. The van der Waals surface area contributed by atoms with Gasteiger partial charge in [-0.15, -0.1) is 0 Å². The van der Waals surface area contributed by atoms with E-state index in [2.05, 4.69) is 10.9 Å². The van der Waals surface area contributed by atoms with Crippen molar-refractivity contribution in [2.75, 3.05) is 40.0 Å². The molecule has 6 nitrogen and oxygen atoms in total. The normalized spacial score (nSPS) is 15.8. The SMILES string of the molecule is CNNCCOCCOCCC1C(=O)C=CC1=O. The van der Waals surface area contributed by atoms with Gasteiger partial charge in [0.25, 0.3) is 0 Å². The quantitative estimate of drug-likeness (QED) is 0.310. The first-order valence-electron chi connectivity index (χ1n) is 6.06. The lowest BCUT2D eigenvalue weighted by Crippen LogP contribution is -2.31. The van der Waals surface area contributed by atoms with Gasteiger partial charge in [-0.1, -0.05) is 0 Å². The van der Waals surface area contributed by atoms with Gasteiger partial charge in [0.1, 0.15) is 0 Å². The number of allylic oxidation sites excluding steroid dienone is 2. The number of hydrogen-bond acceptors (Lipinski definition) is 6. The molecule has 0 aromatic heterocycles. The van der Waals surface area contributed by atoms with Crippen molar-refractivity contribution in [1.29, 1.82) is 0 Å². The van der Waals surface area contributed by atoms with Crippen molar-refractivity contribution >= 4 is 11.6 Å². The summed E-state index contributed by atoms with van der Waals surface area (Å²) >= 11 is 0. The molecule has 18 heavy (non-hydrogen) atoms. The van der Waals surface area contributed by atoms with Gasteiger partial charge in [0, 0.05) is 13.2 Å². The number of rotatable bonds is 10. The van der Waals surface area contributed by atoms with E-state index < -0.39 is 5.92 Å². The van der Waals surface area contributed by atoms with Crippen molar-refractivity contribution in [3.63, 3.8) is 0 Å². The van der Waals surface area contributed by atoms with Gasteiger partial charge < -0.3 is 9.47 Å². The topological polar surface area (TPSA) is 76.7 Å². The lowest BCUT2D eigenvalue weighted by molar-refractivity contribution is -0.126. The van der Waals surface area contributed by atoms with Crippen LogP contribution < -0.4 is 10.9 Å². The van der Waals surface area contributed by atoms with Crippen molar-refractivity contribution in [2.45, 2.75) is 6.42 Å². The van der Waals surface area contributed by atoms with E-state index in [9.17, 15) is 9.59 Å². The molecule has 0 bridgehead atoms. The highest BCUT2D eigenvalue weighted by molar-refractivity contribution is 6.18. The molecular weight excluding hydrogens is 236 g/mol. The maximum absolute atomic E-state index is 11.3. The summed E-state index contributed by atoms with van der Waals surface area (Å²) in [5, 5.41) is 0. The van der Waals surface area contributed by atoms with Crippen LogP contribution in [0.4, 0.5) is 0 Å².